The molecule has 0 aliphatic heterocycles. The van der Waals surface area contributed by atoms with Crippen molar-refractivity contribution in [1.29, 1.82) is 0 Å². The fraction of sp³-hybridized carbons (Fsp3) is 0.500. The monoisotopic (exact) mass is 262 g/mol. The summed E-state index contributed by atoms with van der Waals surface area (Å²) in [6.07, 6.45) is 7.43. The van der Waals surface area contributed by atoms with Crippen LogP contribution in [-0.2, 0) is 4.74 Å². The molecule has 0 saturated carbocycles. The normalized spacial score (nSPS) is 14.6. The van der Waals surface area contributed by atoms with Gasteiger partial charge in [0, 0.05) is 36.9 Å². The summed E-state index contributed by atoms with van der Waals surface area (Å²) in [7, 11) is 1.75. The second-order valence-electron chi connectivity index (χ2n) is 4.75. The molecule has 0 aliphatic rings. The minimum atomic E-state index is 0.116. The number of hydrogen-bond donors (Lipinski definition) is 1. The molecule has 1 unspecified atom stereocenters. The first kappa shape index (κ1) is 15.6. The Morgan fingerprint density at radius 3 is 2.74 bits per heavy atom. The average molecular weight is 262 g/mol. The largest absolute Gasteiger partial charge is 0.389 e. The first-order valence-electron chi connectivity index (χ1n) is 6.84. The third-order valence-electron chi connectivity index (χ3n) is 3.17. The summed E-state index contributed by atoms with van der Waals surface area (Å²) >= 11 is 0. The third kappa shape index (κ3) is 4.95. The fourth-order valence-corrected chi connectivity index (χ4v) is 2.10. The van der Waals surface area contributed by atoms with Gasteiger partial charge >= 0.3 is 0 Å². The predicted octanol–water partition coefficient (Wildman–Crippen LogP) is 3.58. The number of allylic oxidation sites excluding steroid dienone is 2. The van der Waals surface area contributed by atoms with E-state index in [1.165, 1.54) is 11.4 Å². The van der Waals surface area contributed by atoms with Gasteiger partial charge in [-0.05, 0) is 52.3 Å². The number of aromatic nitrogens is 1. The van der Waals surface area contributed by atoms with E-state index in [1.54, 1.807) is 7.11 Å². The first-order valence-corrected chi connectivity index (χ1v) is 6.84. The Balaban J connectivity index is 2.67. The Morgan fingerprint density at radius 2 is 2.21 bits per heavy atom. The first-order chi connectivity index (χ1) is 9.08. The SMILES string of the molecule is CCN/C(C)=C/C(C/C=C(\C)n1cccc1C)OC. The van der Waals surface area contributed by atoms with Crippen LogP contribution in [0.15, 0.2) is 36.2 Å². The van der Waals surface area contributed by atoms with Crippen molar-refractivity contribution in [2.24, 2.45) is 0 Å². The quantitative estimate of drug-likeness (QED) is 0.813. The van der Waals surface area contributed by atoms with E-state index in [2.05, 4.69) is 68.1 Å². The lowest BCUT2D eigenvalue weighted by atomic mass is 10.2. The smallest absolute Gasteiger partial charge is 0.0806 e. The van der Waals surface area contributed by atoms with E-state index in [0.717, 1.165) is 18.7 Å². The minimum Gasteiger partial charge on any atom is -0.389 e. The predicted molar refractivity (Wildman–Crippen MR) is 82.0 cm³/mol. The van der Waals surface area contributed by atoms with Gasteiger partial charge in [0.25, 0.3) is 0 Å². The zero-order chi connectivity index (χ0) is 14.3. The van der Waals surface area contributed by atoms with Gasteiger partial charge < -0.3 is 14.6 Å². The van der Waals surface area contributed by atoms with Crippen molar-refractivity contribution in [2.45, 2.75) is 40.2 Å². The van der Waals surface area contributed by atoms with E-state index >= 15 is 0 Å². The number of rotatable bonds is 7. The van der Waals surface area contributed by atoms with Crippen molar-refractivity contribution < 1.29 is 4.74 Å². The molecule has 0 fully saturated rings. The second-order valence-corrected chi connectivity index (χ2v) is 4.75. The van der Waals surface area contributed by atoms with Crippen molar-refractivity contribution in [3.05, 3.63) is 41.9 Å². The van der Waals surface area contributed by atoms with Gasteiger partial charge in [-0.15, -0.1) is 0 Å². The molecule has 1 aromatic heterocycles. The van der Waals surface area contributed by atoms with Crippen LogP contribution in [0.1, 0.15) is 32.9 Å². The number of methoxy groups -OCH3 is 1. The minimum absolute atomic E-state index is 0.116. The number of nitrogens with one attached hydrogen (secondary N) is 1. The van der Waals surface area contributed by atoms with Crippen LogP contribution in [0.25, 0.3) is 5.70 Å². The Morgan fingerprint density at radius 1 is 1.47 bits per heavy atom. The molecular formula is C16H26N2O. The molecule has 106 valence electrons. The van der Waals surface area contributed by atoms with E-state index in [4.69, 9.17) is 4.74 Å². The van der Waals surface area contributed by atoms with Crippen molar-refractivity contribution >= 4 is 5.70 Å². The maximum atomic E-state index is 5.50. The molecule has 19 heavy (non-hydrogen) atoms. The van der Waals surface area contributed by atoms with Gasteiger partial charge in [0.2, 0.25) is 0 Å². The molecule has 0 aliphatic carbocycles. The Kier molecular flexibility index (Phi) is 6.43. The summed E-state index contributed by atoms with van der Waals surface area (Å²) in [6, 6.07) is 4.18. The molecule has 1 N–H and O–H groups in total. The summed E-state index contributed by atoms with van der Waals surface area (Å²) in [5, 5.41) is 3.29. The van der Waals surface area contributed by atoms with Crippen molar-refractivity contribution in [3.8, 4) is 0 Å². The van der Waals surface area contributed by atoms with Crippen LogP contribution in [0.2, 0.25) is 0 Å². The molecule has 0 saturated heterocycles. The molecular weight excluding hydrogens is 236 g/mol. The maximum Gasteiger partial charge on any atom is 0.0806 e. The second kappa shape index (κ2) is 7.85. The summed E-state index contributed by atoms with van der Waals surface area (Å²) < 4.78 is 7.68. The van der Waals surface area contributed by atoms with Crippen molar-refractivity contribution in [1.82, 2.24) is 9.88 Å². The van der Waals surface area contributed by atoms with E-state index in [1.807, 2.05) is 0 Å². The van der Waals surface area contributed by atoms with Crippen LogP contribution in [-0.4, -0.2) is 24.3 Å². The van der Waals surface area contributed by atoms with Crippen LogP contribution in [0.5, 0.6) is 0 Å². The molecule has 1 aromatic rings. The van der Waals surface area contributed by atoms with Gasteiger partial charge in [-0.3, -0.25) is 0 Å². The highest BCUT2D eigenvalue weighted by atomic mass is 16.5. The van der Waals surface area contributed by atoms with Crippen LogP contribution < -0.4 is 5.32 Å². The van der Waals surface area contributed by atoms with E-state index in [9.17, 15) is 0 Å². The van der Waals surface area contributed by atoms with Crippen LogP contribution in [0.4, 0.5) is 0 Å². The lowest BCUT2D eigenvalue weighted by molar-refractivity contribution is 0.142. The summed E-state index contributed by atoms with van der Waals surface area (Å²) in [5.74, 6) is 0. The molecule has 0 radical (unpaired) electrons. The number of hydrogen-bond acceptors (Lipinski definition) is 2. The molecule has 1 rings (SSSR count). The highest BCUT2D eigenvalue weighted by Crippen LogP contribution is 2.12. The maximum absolute atomic E-state index is 5.50. The zero-order valence-electron chi connectivity index (χ0n) is 12.7. The average Bonchev–Trinajstić information content (AvgIpc) is 2.80. The highest BCUT2D eigenvalue weighted by Gasteiger charge is 2.04. The lowest BCUT2D eigenvalue weighted by Crippen LogP contribution is -2.14. The zero-order valence-corrected chi connectivity index (χ0v) is 12.7. The van der Waals surface area contributed by atoms with Crippen LogP contribution in [0.3, 0.4) is 0 Å². The van der Waals surface area contributed by atoms with Gasteiger partial charge in [-0.1, -0.05) is 6.08 Å². The summed E-state index contributed by atoms with van der Waals surface area (Å²) in [4.78, 5) is 0. The van der Waals surface area contributed by atoms with Crippen molar-refractivity contribution in [2.75, 3.05) is 13.7 Å². The summed E-state index contributed by atoms with van der Waals surface area (Å²) in [6.45, 7) is 9.34. The molecule has 3 nitrogen and oxygen atoms in total. The molecule has 0 amide bonds. The fourth-order valence-electron chi connectivity index (χ4n) is 2.10. The lowest BCUT2D eigenvalue weighted by Gasteiger charge is -2.13. The standard InChI is InChI=1S/C16H26N2O/c1-6-17-13(2)12-16(19-5)10-9-15(4)18-11-7-8-14(18)3/h7-9,11-12,16-17H,6,10H2,1-5H3/b13-12+,15-9+. The van der Waals surface area contributed by atoms with Crippen LogP contribution in [0, 0.1) is 6.92 Å². The van der Waals surface area contributed by atoms with Gasteiger partial charge in [0.1, 0.15) is 0 Å². The van der Waals surface area contributed by atoms with Gasteiger partial charge in [0.05, 0.1) is 6.10 Å². The van der Waals surface area contributed by atoms with Gasteiger partial charge in [-0.2, -0.15) is 0 Å². The molecule has 0 spiro atoms. The molecule has 3 heteroatoms. The van der Waals surface area contributed by atoms with Crippen LogP contribution >= 0.6 is 0 Å². The molecule has 1 atom stereocenters. The Hall–Kier alpha value is -1.48. The molecule has 0 aromatic carbocycles. The van der Waals surface area contributed by atoms with E-state index in [-0.39, 0.29) is 6.10 Å². The molecule has 0 bridgehead atoms. The van der Waals surface area contributed by atoms with E-state index in [0.29, 0.717) is 0 Å². The van der Waals surface area contributed by atoms with Crippen molar-refractivity contribution in [3.63, 3.8) is 0 Å². The van der Waals surface area contributed by atoms with E-state index < -0.39 is 0 Å². The van der Waals surface area contributed by atoms with Gasteiger partial charge in [-0.25, -0.2) is 0 Å². The Labute approximate surface area is 117 Å². The number of nitrogens with zero attached hydrogens (tertiary/aromatic N) is 1. The third-order valence-corrected chi connectivity index (χ3v) is 3.17. The topological polar surface area (TPSA) is 26.2 Å². The molecule has 1 heterocycles. The number of aryl methyl sites for hydroxylation is 1. The highest BCUT2D eigenvalue weighted by molar-refractivity contribution is 5.44. The Bertz CT molecular complexity index is 443. The van der Waals surface area contributed by atoms with Gasteiger partial charge in [0.15, 0.2) is 0 Å². The summed E-state index contributed by atoms with van der Waals surface area (Å²) in [5.41, 5.74) is 3.65. The number of ether oxygens (including phenoxy) is 1.